The first kappa shape index (κ1) is 25.0. The molecule has 0 spiro atoms. The van der Waals surface area contributed by atoms with Crippen LogP contribution in [0.2, 0.25) is 0 Å². The van der Waals surface area contributed by atoms with Crippen LogP contribution in [0.1, 0.15) is 47.7 Å². The normalized spacial score (nSPS) is 14.9. The molecule has 0 bridgehead atoms. The lowest BCUT2D eigenvalue weighted by molar-refractivity contribution is -0.0390. The van der Waals surface area contributed by atoms with Crippen LogP contribution in [0.5, 0.6) is 0 Å². The molecule has 0 aliphatic carbocycles. The average molecular weight is 545 g/mol. The summed E-state index contributed by atoms with van der Waals surface area (Å²) in [6.07, 6.45) is 5.30. The topological polar surface area (TPSA) is 67.8 Å². The monoisotopic (exact) mass is 544 g/mol. The minimum absolute atomic E-state index is 0. The number of ether oxygens (including phenoxy) is 2. The van der Waals surface area contributed by atoms with Crippen LogP contribution >= 0.6 is 35.3 Å². The molecule has 3 rings (SSSR count). The van der Waals surface area contributed by atoms with Gasteiger partial charge in [-0.05, 0) is 37.3 Å². The van der Waals surface area contributed by atoms with Gasteiger partial charge in [-0.15, -0.1) is 35.3 Å². The van der Waals surface area contributed by atoms with Crippen molar-refractivity contribution in [1.29, 1.82) is 0 Å². The Labute approximate surface area is 200 Å². The lowest BCUT2D eigenvalue weighted by Gasteiger charge is -2.22. The number of aryl methyl sites for hydroxylation is 1. The molecule has 1 aromatic heterocycles. The molecule has 2 aromatic rings. The number of aliphatic imine (C=N–C) groups is 1. The van der Waals surface area contributed by atoms with Crippen molar-refractivity contribution >= 4 is 41.3 Å². The van der Waals surface area contributed by atoms with Gasteiger partial charge in [0, 0.05) is 30.8 Å². The molecule has 1 aliphatic rings. The van der Waals surface area contributed by atoms with E-state index >= 15 is 0 Å². The molecular formula is C22H33IN4O2S. The van der Waals surface area contributed by atoms with Crippen LogP contribution in [0.4, 0.5) is 0 Å². The fourth-order valence-corrected chi connectivity index (χ4v) is 3.86. The molecule has 2 N–H and O–H groups in total. The summed E-state index contributed by atoms with van der Waals surface area (Å²) in [6, 6.07) is 8.52. The van der Waals surface area contributed by atoms with E-state index in [9.17, 15) is 0 Å². The molecular weight excluding hydrogens is 511 g/mol. The summed E-state index contributed by atoms with van der Waals surface area (Å²) in [4.78, 5) is 10.5. The molecule has 1 saturated heterocycles. The van der Waals surface area contributed by atoms with Crippen molar-refractivity contribution in [2.45, 2.75) is 58.9 Å². The van der Waals surface area contributed by atoms with Crippen LogP contribution in [-0.4, -0.2) is 36.8 Å². The third-order valence-electron chi connectivity index (χ3n) is 4.80. The highest BCUT2D eigenvalue weighted by atomic mass is 127. The Morgan fingerprint density at radius 2 is 1.90 bits per heavy atom. The lowest BCUT2D eigenvalue weighted by atomic mass is 10.1. The minimum Gasteiger partial charge on any atom is -0.381 e. The van der Waals surface area contributed by atoms with Gasteiger partial charge >= 0.3 is 0 Å². The number of aromatic nitrogens is 1. The molecule has 1 aromatic carbocycles. The molecule has 0 atom stereocenters. The first-order valence-electron chi connectivity index (χ1n) is 10.5. The van der Waals surface area contributed by atoms with Gasteiger partial charge in [0.25, 0.3) is 0 Å². The van der Waals surface area contributed by atoms with Crippen molar-refractivity contribution in [2.24, 2.45) is 4.99 Å². The van der Waals surface area contributed by atoms with E-state index in [4.69, 9.17) is 14.5 Å². The molecule has 0 saturated carbocycles. The SMILES string of the molecule is CCNC(=NCc1ccc(COC2CCOCC2)cc1)NCc1ncc(CC)s1.I. The highest BCUT2D eigenvalue weighted by Gasteiger charge is 2.13. The van der Waals surface area contributed by atoms with E-state index < -0.39 is 0 Å². The van der Waals surface area contributed by atoms with Gasteiger partial charge in [-0.1, -0.05) is 31.2 Å². The third kappa shape index (κ3) is 8.49. The molecule has 1 fully saturated rings. The zero-order valence-electron chi connectivity index (χ0n) is 17.9. The van der Waals surface area contributed by atoms with Crippen LogP contribution in [0.25, 0.3) is 0 Å². The number of rotatable bonds is 9. The predicted molar refractivity (Wildman–Crippen MR) is 134 cm³/mol. The Morgan fingerprint density at radius 3 is 2.57 bits per heavy atom. The van der Waals surface area contributed by atoms with E-state index in [1.807, 2.05) is 6.20 Å². The van der Waals surface area contributed by atoms with E-state index in [-0.39, 0.29) is 24.0 Å². The third-order valence-corrected chi connectivity index (χ3v) is 5.94. The molecule has 1 aliphatic heterocycles. The van der Waals surface area contributed by atoms with Gasteiger partial charge < -0.3 is 20.1 Å². The number of halogens is 1. The number of hydrogen-bond donors (Lipinski definition) is 2. The van der Waals surface area contributed by atoms with Crippen molar-refractivity contribution in [3.8, 4) is 0 Å². The maximum absolute atomic E-state index is 5.99. The zero-order chi connectivity index (χ0) is 20.3. The van der Waals surface area contributed by atoms with Crippen LogP contribution in [0.15, 0.2) is 35.5 Å². The van der Waals surface area contributed by atoms with Gasteiger partial charge in [0.1, 0.15) is 5.01 Å². The summed E-state index contributed by atoms with van der Waals surface area (Å²) >= 11 is 1.75. The molecule has 0 radical (unpaired) electrons. The first-order valence-corrected chi connectivity index (χ1v) is 11.3. The molecule has 6 nitrogen and oxygen atoms in total. The number of hydrogen-bond acceptors (Lipinski definition) is 5. The highest BCUT2D eigenvalue weighted by molar-refractivity contribution is 14.0. The van der Waals surface area contributed by atoms with Crippen molar-refractivity contribution in [2.75, 3.05) is 19.8 Å². The van der Waals surface area contributed by atoms with Gasteiger partial charge in [-0.3, -0.25) is 0 Å². The molecule has 0 unspecified atom stereocenters. The van der Waals surface area contributed by atoms with Gasteiger partial charge in [0.2, 0.25) is 0 Å². The maximum Gasteiger partial charge on any atom is 0.191 e. The summed E-state index contributed by atoms with van der Waals surface area (Å²) in [6.45, 7) is 8.66. The summed E-state index contributed by atoms with van der Waals surface area (Å²) in [5.41, 5.74) is 2.38. The second-order valence-electron chi connectivity index (χ2n) is 7.06. The van der Waals surface area contributed by atoms with E-state index in [1.54, 1.807) is 11.3 Å². The van der Waals surface area contributed by atoms with Crippen LogP contribution in [0, 0.1) is 0 Å². The van der Waals surface area contributed by atoms with Crippen molar-refractivity contribution in [3.05, 3.63) is 51.5 Å². The maximum atomic E-state index is 5.99. The number of nitrogens with zero attached hydrogens (tertiary/aromatic N) is 2. The quantitative estimate of drug-likeness (QED) is 0.281. The van der Waals surface area contributed by atoms with E-state index in [1.165, 1.54) is 16.0 Å². The van der Waals surface area contributed by atoms with Crippen molar-refractivity contribution < 1.29 is 9.47 Å². The fraction of sp³-hybridized carbons (Fsp3) is 0.545. The van der Waals surface area contributed by atoms with Gasteiger partial charge in [0.05, 0.1) is 25.8 Å². The highest BCUT2D eigenvalue weighted by Crippen LogP contribution is 2.15. The summed E-state index contributed by atoms with van der Waals surface area (Å²) in [5, 5.41) is 7.75. The summed E-state index contributed by atoms with van der Waals surface area (Å²) in [7, 11) is 0. The Hall–Kier alpha value is -1.23. The first-order chi connectivity index (χ1) is 14.3. The number of nitrogens with one attached hydrogen (secondary N) is 2. The van der Waals surface area contributed by atoms with E-state index in [0.29, 0.717) is 25.8 Å². The largest absolute Gasteiger partial charge is 0.381 e. The molecule has 2 heterocycles. The van der Waals surface area contributed by atoms with Crippen molar-refractivity contribution in [1.82, 2.24) is 15.6 Å². The summed E-state index contributed by atoms with van der Waals surface area (Å²) < 4.78 is 11.4. The Bertz CT molecular complexity index is 761. The van der Waals surface area contributed by atoms with Crippen LogP contribution in [-0.2, 0) is 35.6 Å². The van der Waals surface area contributed by atoms with Crippen LogP contribution < -0.4 is 10.6 Å². The minimum atomic E-state index is 0. The average Bonchev–Trinajstić information content (AvgIpc) is 3.24. The standard InChI is InChI=1S/C22H32N4O2S.HI/c1-3-20-14-24-21(29-20)15-26-22(23-4-2)25-13-17-5-7-18(8-6-17)16-28-19-9-11-27-12-10-19;/h5-8,14,19H,3-4,9-13,15-16H2,1-2H3,(H2,23,25,26);1H. The molecule has 8 heteroatoms. The van der Waals surface area contributed by atoms with Crippen LogP contribution in [0.3, 0.4) is 0 Å². The Kier molecular flexibility index (Phi) is 11.6. The second-order valence-corrected chi connectivity index (χ2v) is 8.26. The van der Waals surface area contributed by atoms with Gasteiger partial charge in [0.15, 0.2) is 5.96 Å². The van der Waals surface area contributed by atoms with Gasteiger partial charge in [-0.25, -0.2) is 9.98 Å². The van der Waals surface area contributed by atoms with E-state index in [0.717, 1.165) is 50.0 Å². The lowest BCUT2D eigenvalue weighted by Crippen LogP contribution is -2.36. The number of benzene rings is 1. The van der Waals surface area contributed by atoms with E-state index in [2.05, 4.69) is 53.7 Å². The smallest absolute Gasteiger partial charge is 0.191 e. The number of guanidine groups is 1. The molecule has 0 amide bonds. The Balaban J connectivity index is 0.00000320. The predicted octanol–water partition coefficient (Wildman–Crippen LogP) is 4.27. The number of thiazole rings is 1. The van der Waals surface area contributed by atoms with Gasteiger partial charge in [-0.2, -0.15) is 0 Å². The Morgan fingerprint density at radius 1 is 1.17 bits per heavy atom. The molecule has 30 heavy (non-hydrogen) atoms. The second kappa shape index (κ2) is 14.0. The summed E-state index contributed by atoms with van der Waals surface area (Å²) in [5.74, 6) is 0.813. The molecule has 166 valence electrons. The fourth-order valence-electron chi connectivity index (χ4n) is 3.06. The van der Waals surface area contributed by atoms with Crippen molar-refractivity contribution in [3.63, 3.8) is 0 Å². The zero-order valence-corrected chi connectivity index (χ0v) is 21.0.